The molecular formula is C24H31ClF5N5O5S. The molecule has 2 heterocycles. The van der Waals surface area contributed by atoms with Gasteiger partial charge in [-0.05, 0) is 45.4 Å². The number of ether oxygens (including phenoxy) is 1. The first-order chi connectivity index (χ1) is 19.1. The summed E-state index contributed by atoms with van der Waals surface area (Å²) in [7, 11) is 0. The lowest BCUT2D eigenvalue weighted by molar-refractivity contribution is -0.136. The molecule has 1 fully saturated rings. The monoisotopic (exact) mass is 631 g/mol. The van der Waals surface area contributed by atoms with Gasteiger partial charge in [-0.15, -0.1) is 0 Å². The zero-order valence-electron chi connectivity index (χ0n) is 22.4. The molecule has 230 valence electrons. The highest BCUT2D eigenvalue weighted by Crippen LogP contribution is 2.39. The van der Waals surface area contributed by atoms with Crippen LogP contribution < -0.4 is 15.4 Å². The minimum Gasteiger partial charge on any atom is -0.434 e. The minimum absolute atomic E-state index is 0.000968. The van der Waals surface area contributed by atoms with Crippen molar-refractivity contribution in [1.29, 1.82) is 0 Å². The number of alkyl halides is 5. The van der Waals surface area contributed by atoms with E-state index in [1.807, 2.05) is 0 Å². The number of halogens is 6. The van der Waals surface area contributed by atoms with Crippen LogP contribution in [0.1, 0.15) is 63.4 Å². The maximum atomic E-state index is 13.2. The number of anilines is 1. The number of nitrogens with one attached hydrogen (secondary N) is 2. The van der Waals surface area contributed by atoms with Gasteiger partial charge >= 0.3 is 24.4 Å². The summed E-state index contributed by atoms with van der Waals surface area (Å²) in [5.41, 5.74) is -1.18. The summed E-state index contributed by atoms with van der Waals surface area (Å²) >= 11 is 5.75. The maximum absolute atomic E-state index is 13.2. The fourth-order valence-corrected chi connectivity index (χ4v) is 4.74. The van der Waals surface area contributed by atoms with E-state index in [1.54, 1.807) is 6.92 Å². The van der Waals surface area contributed by atoms with Crippen molar-refractivity contribution >= 4 is 34.9 Å². The van der Waals surface area contributed by atoms with Gasteiger partial charge in [-0.3, -0.25) is 9.48 Å². The molecule has 0 spiro atoms. The van der Waals surface area contributed by atoms with Crippen molar-refractivity contribution in [1.82, 2.24) is 20.1 Å². The van der Waals surface area contributed by atoms with Gasteiger partial charge in [0.1, 0.15) is 11.6 Å². The number of rotatable bonds is 10. The van der Waals surface area contributed by atoms with Crippen LogP contribution in [0.25, 0.3) is 11.3 Å². The van der Waals surface area contributed by atoms with Crippen LogP contribution in [-0.4, -0.2) is 65.2 Å². The predicted molar refractivity (Wildman–Crippen MR) is 140 cm³/mol. The number of aryl methyl sites for hydroxylation is 1. The first-order valence-corrected chi connectivity index (χ1v) is 13.6. The van der Waals surface area contributed by atoms with Gasteiger partial charge in [0.15, 0.2) is 5.69 Å². The Balaban J connectivity index is 0.00000187. The summed E-state index contributed by atoms with van der Waals surface area (Å²) in [5.74, 6) is -0.686. The Labute approximate surface area is 241 Å². The number of hydrogen-bond donors (Lipinski definition) is 3. The van der Waals surface area contributed by atoms with Crippen molar-refractivity contribution in [3.63, 3.8) is 0 Å². The molecule has 3 N–H and O–H groups in total. The third kappa shape index (κ3) is 10.2. The van der Waals surface area contributed by atoms with E-state index in [-0.39, 0.29) is 40.9 Å². The molecular weight excluding hydrogens is 601 g/mol. The van der Waals surface area contributed by atoms with Crippen LogP contribution in [0, 0.1) is 5.92 Å². The lowest BCUT2D eigenvalue weighted by atomic mass is 9.79. The second-order valence-corrected chi connectivity index (χ2v) is 10.3. The Morgan fingerprint density at radius 2 is 1.93 bits per heavy atom. The molecule has 0 aromatic carbocycles. The molecule has 0 radical (unpaired) electrons. The topological polar surface area (TPSA) is 135 Å². The van der Waals surface area contributed by atoms with Crippen LogP contribution in [0.3, 0.4) is 0 Å². The third-order valence-electron chi connectivity index (χ3n) is 6.46. The Morgan fingerprint density at radius 1 is 1.32 bits per heavy atom. The normalized spacial score (nSPS) is 19.6. The first-order valence-electron chi connectivity index (χ1n) is 12.6. The number of amides is 1. The average molecular weight is 632 g/mol. The fourth-order valence-electron chi connectivity index (χ4n) is 4.41. The fraction of sp³-hybridized carbons (Fsp3) is 0.625. The van der Waals surface area contributed by atoms with Crippen LogP contribution in [0.2, 0.25) is 5.02 Å². The van der Waals surface area contributed by atoms with Crippen LogP contribution in [-0.2, 0) is 18.1 Å². The minimum atomic E-state index is -4.43. The molecule has 1 aliphatic carbocycles. The average Bonchev–Trinajstić information content (AvgIpc) is 3.20. The van der Waals surface area contributed by atoms with Crippen molar-refractivity contribution in [3.05, 3.63) is 23.0 Å². The van der Waals surface area contributed by atoms with Crippen molar-refractivity contribution < 1.29 is 45.0 Å². The largest absolute Gasteiger partial charge is 0.434 e. The van der Waals surface area contributed by atoms with E-state index < -0.39 is 54.1 Å². The second-order valence-electron chi connectivity index (χ2n) is 9.79. The highest BCUT2D eigenvalue weighted by atomic mass is 35.5. The molecule has 0 bridgehead atoms. The summed E-state index contributed by atoms with van der Waals surface area (Å²) < 4.78 is 87.0. The van der Waals surface area contributed by atoms with Gasteiger partial charge in [0.2, 0.25) is 0 Å². The molecule has 41 heavy (non-hydrogen) atoms. The SMILES string of the molecule is CCn1nc(C(=O)NCC2(O)CCC(C)CC2)c(Cl)c1-c1cnc(N[C@@H](C)CC(F)(F)F)cc1OC(F)F.O=S=O. The predicted octanol–water partition coefficient (Wildman–Crippen LogP) is 4.97. The van der Waals surface area contributed by atoms with E-state index in [2.05, 4.69) is 32.4 Å². The summed E-state index contributed by atoms with van der Waals surface area (Å²) in [6.45, 7) is 2.01. The quantitative estimate of drug-likeness (QED) is 0.313. The molecule has 0 saturated heterocycles. The van der Waals surface area contributed by atoms with Crippen LogP contribution >= 0.6 is 11.6 Å². The number of hydrogen-bond acceptors (Lipinski definition) is 8. The van der Waals surface area contributed by atoms with E-state index >= 15 is 0 Å². The van der Waals surface area contributed by atoms with E-state index in [0.29, 0.717) is 18.8 Å². The third-order valence-corrected chi connectivity index (χ3v) is 6.82. The van der Waals surface area contributed by atoms with Gasteiger partial charge in [0, 0.05) is 31.4 Å². The maximum Gasteiger partial charge on any atom is 0.391 e. The summed E-state index contributed by atoms with van der Waals surface area (Å²) in [5, 5.41) is 20.0. The zero-order valence-corrected chi connectivity index (χ0v) is 24.0. The highest BCUT2D eigenvalue weighted by molar-refractivity contribution is 7.51. The smallest absolute Gasteiger partial charge is 0.391 e. The van der Waals surface area contributed by atoms with E-state index in [4.69, 9.17) is 20.0 Å². The Morgan fingerprint density at radius 3 is 2.46 bits per heavy atom. The number of nitrogens with zero attached hydrogens (tertiary/aromatic N) is 3. The second kappa shape index (κ2) is 14.9. The van der Waals surface area contributed by atoms with Crippen molar-refractivity contribution in [2.75, 3.05) is 11.9 Å². The van der Waals surface area contributed by atoms with Gasteiger partial charge < -0.3 is 20.5 Å². The summed E-state index contributed by atoms with van der Waals surface area (Å²) in [6, 6.07) is -0.0492. The van der Waals surface area contributed by atoms with Crippen LogP contribution in [0.4, 0.5) is 27.8 Å². The van der Waals surface area contributed by atoms with Crippen LogP contribution in [0.15, 0.2) is 12.3 Å². The number of aliphatic hydroxyl groups is 1. The van der Waals surface area contributed by atoms with E-state index in [9.17, 15) is 31.9 Å². The number of aromatic nitrogens is 3. The van der Waals surface area contributed by atoms with Gasteiger partial charge in [-0.25, -0.2) is 4.98 Å². The van der Waals surface area contributed by atoms with E-state index in [1.165, 1.54) is 11.6 Å². The number of carbonyl (C=O) groups excluding carboxylic acids is 1. The lowest BCUT2D eigenvalue weighted by Gasteiger charge is -2.34. The highest BCUT2D eigenvalue weighted by Gasteiger charge is 2.34. The molecule has 0 aliphatic heterocycles. The number of pyridine rings is 1. The number of carbonyl (C=O) groups is 1. The molecule has 2 aromatic heterocycles. The molecule has 1 aliphatic rings. The molecule has 0 unspecified atom stereocenters. The van der Waals surface area contributed by atoms with Gasteiger partial charge in [0.25, 0.3) is 5.91 Å². The molecule has 1 atom stereocenters. The summed E-state index contributed by atoms with van der Waals surface area (Å²) in [6.07, 6.45) is -1.73. The Kier molecular flexibility index (Phi) is 12.5. The van der Waals surface area contributed by atoms with Gasteiger partial charge in [-0.2, -0.15) is 35.5 Å². The first kappa shape index (κ1) is 34.4. The molecule has 2 aromatic rings. The standard InChI is InChI=1S/C24H31ClF5N5O3.O2S/c1-4-35-20(18(25)19(34-35)21(36)32-12-23(37)7-5-13(2)6-8-23)15-11-31-17(9-16(15)38-22(26)27)33-14(3)10-24(28,29)30;1-3-2/h9,11,13-14,22,37H,4-8,10,12H2,1-3H3,(H,31,33)(H,32,36);/t13?,14-,23?;/m0./s1. The Bertz CT molecular complexity index is 1220. The van der Waals surface area contributed by atoms with Crippen molar-refractivity contribution in [3.8, 4) is 17.0 Å². The van der Waals surface area contributed by atoms with Gasteiger partial charge in [0.05, 0.1) is 28.3 Å². The van der Waals surface area contributed by atoms with Gasteiger partial charge in [-0.1, -0.05) is 18.5 Å². The Hall–Kier alpha value is -2.85. The molecule has 3 rings (SSSR count). The van der Waals surface area contributed by atoms with Crippen molar-refractivity contribution in [2.45, 2.75) is 83.9 Å². The van der Waals surface area contributed by atoms with E-state index in [0.717, 1.165) is 25.1 Å². The molecule has 17 heteroatoms. The molecule has 1 amide bonds. The zero-order chi connectivity index (χ0) is 31.0. The van der Waals surface area contributed by atoms with Crippen LogP contribution in [0.5, 0.6) is 5.75 Å². The molecule has 10 nitrogen and oxygen atoms in total. The van der Waals surface area contributed by atoms with Crippen molar-refractivity contribution in [2.24, 2.45) is 5.92 Å². The lowest BCUT2D eigenvalue weighted by Crippen LogP contribution is -2.45. The molecule has 1 saturated carbocycles. The summed E-state index contributed by atoms with van der Waals surface area (Å²) in [4.78, 5) is 17.0.